The van der Waals surface area contributed by atoms with Gasteiger partial charge in [-0.25, -0.2) is 4.79 Å². The first kappa shape index (κ1) is 19.2. The molecule has 1 saturated heterocycles. The van der Waals surface area contributed by atoms with Crippen LogP contribution >= 0.6 is 0 Å². The Hall–Kier alpha value is -2.54. The largest absolute Gasteiger partial charge is 0.508 e. The summed E-state index contributed by atoms with van der Waals surface area (Å²) >= 11 is 0. The molecular weight excluding hydrogens is 346 g/mol. The van der Waals surface area contributed by atoms with Gasteiger partial charge in [-0.3, -0.25) is 4.79 Å². The van der Waals surface area contributed by atoms with Crippen LogP contribution in [0.15, 0.2) is 24.3 Å². The number of phenolic OH excluding ortho intramolecular Hbond substituents is 1. The van der Waals surface area contributed by atoms with Gasteiger partial charge in [-0.15, -0.1) is 0 Å². The summed E-state index contributed by atoms with van der Waals surface area (Å²) in [6.45, 7) is 5.65. The lowest BCUT2D eigenvalue weighted by molar-refractivity contribution is -0.121. The molecule has 0 unspecified atom stereocenters. The van der Waals surface area contributed by atoms with Crippen LogP contribution in [0.5, 0.6) is 5.75 Å². The standard InChI is InChI=1S/C20H27N3O4/c1-2-27-20(26)18-13-15-12-16(24)6-7-17(15)23(18)14-19(25)21-8-11-22-9-4-3-5-10-22/h6-7,12-13,24H,2-5,8-11,14H2,1H3,(H,21,25). The fourth-order valence-corrected chi connectivity index (χ4v) is 3.54. The molecule has 0 radical (unpaired) electrons. The Labute approximate surface area is 158 Å². The average Bonchev–Trinajstić information content (AvgIpc) is 3.00. The number of benzene rings is 1. The molecule has 1 fully saturated rings. The van der Waals surface area contributed by atoms with Crippen LogP contribution in [0.3, 0.4) is 0 Å². The zero-order valence-corrected chi connectivity index (χ0v) is 15.7. The number of carbonyl (C=O) groups excluding carboxylic acids is 2. The minimum Gasteiger partial charge on any atom is -0.508 e. The lowest BCUT2D eigenvalue weighted by Gasteiger charge is -2.26. The normalized spacial score (nSPS) is 15.0. The molecule has 1 amide bonds. The minimum atomic E-state index is -0.477. The molecule has 7 heteroatoms. The summed E-state index contributed by atoms with van der Waals surface area (Å²) in [5.74, 6) is -0.515. The van der Waals surface area contributed by atoms with E-state index in [1.54, 1.807) is 35.8 Å². The van der Waals surface area contributed by atoms with Crippen molar-refractivity contribution >= 4 is 22.8 Å². The Morgan fingerprint density at radius 2 is 1.96 bits per heavy atom. The number of phenols is 1. The third kappa shape index (κ3) is 4.80. The predicted octanol–water partition coefficient (Wildman–Crippen LogP) is 2.13. The number of esters is 1. The summed E-state index contributed by atoms with van der Waals surface area (Å²) in [5, 5.41) is 13.3. The summed E-state index contributed by atoms with van der Waals surface area (Å²) in [6.07, 6.45) is 3.73. The van der Waals surface area contributed by atoms with E-state index in [0.29, 0.717) is 23.1 Å². The van der Waals surface area contributed by atoms with Crippen molar-refractivity contribution in [3.8, 4) is 5.75 Å². The smallest absolute Gasteiger partial charge is 0.354 e. The van der Waals surface area contributed by atoms with Crippen molar-refractivity contribution in [1.29, 1.82) is 0 Å². The molecule has 0 saturated carbocycles. The molecule has 1 aliphatic rings. The highest BCUT2D eigenvalue weighted by Crippen LogP contribution is 2.24. The molecule has 2 aromatic rings. The Kier molecular flexibility index (Phi) is 6.34. The molecular formula is C20H27N3O4. The van der Waals surface area contributed by atoms with Gasteiger partial charge in [0.05, 0.1) is 6.61 Å². The highest BCUT2D eigenvalue weighted by Gasteiger charge is 2.19. The van der Waals surface area contributed by atoms with Crippen molar-refractivity contribution in [2.24, 2.45) is 0 Å². The molecule has 1 aromatic heterocycles. The number of carbonyl (C=O) groups is 2. The van der Waals surface area contributed by atoms with E-state index in [4.69, 9.17) is 4.74 Å². The van der Waals surface area contributed by atoms with E-state index >= 15 is 0 Å². The quantitative estimate of drug-likeness (QED) is 0.727. The summed E-state index contributed by atoms with van der Waals surface area (Å²) in [5.41, 5.74) is 1.02. The molecule has 2 N–H and O–H groups in total. The van der Waals surface area contributed by atoms with Crippen LogP contribution < -0.4 is 5.32 Å². The first-order valence-corrected chi connectivity index (χ1v) is 9.57. The number of piperidine rings is 1. The molecule has 2 heterocycles. The number of nitrogens with one attached hydrogen (secondary N) is 1. The zero-order valence-electron chi connectivity index (χ0n) is 15.7. The summed E-state index contributed by atoms with van der Waals surface area (Å²) in [7, 11) is 0. The fourth-order valence-electron chi connectivity index (χ4n) is 3.54. The van der Waals surface area contributed by atoms with Gasteiger partial charge in [-0.2, -0.15) is 0 Å². The maximum absolute atomic E-state index is 12.4. The molecule has 7 nitrogen and oxygen atoms in total. The van der Waals surface area contributed by atoms with Gasteiger partial charge < -0.3 is 24.6 Å². The van der Waals surface area contributed by atoms with Crippen molar-refractivity contribution in [3.63, 3.8) is 0 Å². The van der Waals surface area contributed by atoms with Crippen LogP contribution in [0.1, 0.15) is 36.7 Å². The molecule has 0 aliphatic carbocycles. The van der Waals surface area contributed by atoms with Crippen LogP contribution in [0.4, 0.5) is 0 Å². The summed E-state index contributed by atoms with van der Waals surface area (Å²) in [4.78, 5) is 27.1. The van der Waals surface area contributed by atoms with E-state index in [2.05, 4.69) is 10.2 Å². The molecule has 0 atom stereocenters. The van der Waals surface area contributed by atoms with Gasteiger partial charge in [-0.1, -0.05) is 6.42 Å². The lowest BCUT2D eigenvalue weighted by atomic mass is 10.1. The molecule has 1 aromatic carbocycles. The third-order valence-electron chi connectivity index (χ3n) is 4.87. The summed E-state index contributed by atoms with van der Waals surface area (Å²) < 4.78 is 6.75. The maximum atomic E-state index is 12.4. The van der Waals surface area contributed by atoms with Gasteiger partial charge in [0.15, 0.2) is 0 Å². The van der Waals surface area contributed by atoms with Crippen LogP contribution in [0, 0.1) is 0 Å². The average molecular weight is 373 g/mol. The number of hydrogen-bond acceptors (Lipinski definition) is 5. The Morgan fingerprint density at radius 3 is 2.70 bits per heavy atom. The van der Waals surface area contributed by atoms with E-state index in [1.165, 1.54) is 19.3 Å². The van der Waals surface area contributed by atoms with Crippen molar-refractivity contribution in [1.82, 2.24) is 14.8 Å². The van der Waals surface area contributed by atoms with Crippen LogP contribution in [0.25, 0.3) is 10.9 Å². The van der Waals surface area contributed by atoms with Crippen molar-refractivity contribution in [2.45, 2.75) is 32.7 Å². The van der Waals surface area contributed by atoms with Gasteiger partial charge in [0, 0.05) is 24.0 Å². The number of ether oxygens (including phenoxy) is 1. The van der Waals surface area contributed by atoms with E-state index in [-0.39, 0.29) is 24.8 Å². The Balaban J connectivity index is 1.69. The van der Waals surface area contributed by atoms with Crippen molar-refractivity contribution < 1.29 is 19.4 Å². The van der Waals surface area contributed by atoms with E-state index in [1.807, 2.05) is 0 Å². The van der Waals surface area contributed by atoms with Gasteiger partial charge in [0.2, 0.25) is 5.91 Å². The number of hydrogen-bond donors (Lipinski definition) is 2. The number of aromatic nitrogens is 1. The van der Waals surface area contributed by atoms with Gasteiger partial charge in [-0.05, 0) is 57.1 Å². The van der Waals surface area contributed by atoms with Crippen molar-refractivity contribution in [3.05, 3.63) is 30.0 Å². The Morgan fingerprint density at radius 1 is 1.19 bits per heavy atom. The first-order valence-electron chi connectivity index (χ1n) is 9.57. The minimum absolute atomic E-state index is 0.0302. The molecule has 1 aliphatic heterocycles. The highest BCUT2D eigenvalue weighted by atomic mass is 16.5. The number of nitrogens with zero attached hydrogens (tertiary/aromatic N) is 2. The number of amides is 1. The topological polar surface area (TPSA) is 83.8 Å². The number of likely N-dealkylation sites (tertiary alicyclic amines) is 1. The number of aromatic hydroxyl groups is 1. The lowest BCUT2D eigenvalue weighted by Crippen LogP contribution is -2.38. The van der Waals surface area contributed by atoms with Gasteiger partial charge in [0.1, 0.15) is 18.0 Å². The Bertz CT molecular complexity index is 809. The highest BCUT2D eigenvalue weighted by molar-refractivity contribution is 5.97. The molecule has 27 heavy (non-hydrogen) atoms. The zero-order chi connectivity index (χ0) is 19.2. The van der Waals surface area contributed by atoms with Gasteiger partial charge >= 0.3 is 5.97 Å². The van der Waals surface area contributed by atoms with Crippen LogP contribution in [-0.4, -0.2) is 59.2 Å². The predicted molar refractivity (Wildman–Crippen MR) is 103 cm³/mol. The maximum Gasteiger partial charge on any atom is 0.354 e. The molecule has 0 bridgehead atoms. The number of fused-ring (bicyclic) bond motifs is 1. The number of rotatable bonds is 7. The molecule has 3 rings (SSSR count). The second-order valence-corrected chi connectivity index (χ2v) is 6.83. The van der Waals surface area contributed by atoms with Crippen LogP contribution in [0.2, 0.25) is 0 Å². The SMILES string of the molecule is CCOC(=O)c1cc2cc(O)ccc2n1CC(=O)NCCN1CCCCC1. The monoisotopic (exact) mass is 373 g/mol. The van der Waals surface area contributed by atoms with Crippen LogP contribution in [-0.2, 0) is 16.1 Å². The van der Waals surface area contributed by atoms with Gasteiger partial charge in [0.25, 0.3) is 0 Å². The molecule has 0 spiro atoms. The summed E-state index contributed by atoms with van der Waals surface area (Å²) in [6, 6.07) is 6.47. The second kappa shape index (κ2) is 8.90. The third-order valence-corrected chi connectivity index (χ3v) is 4.87. The van der Waals surface area contributed by atoms with E-state index in [0.717, 1.165) is 19.6 Å². The van der Waals surface area contributed by atoms with Crippen molar-refractivity contribution in [2.75, 3.05) is 32.8 Å². The fraction of sp³-hybridized carbons (Fsp3) is 0.500. The van der Waals surface area contributed by atoms with E-state index in [9.17, 15) is 14.7 Å². The first-order chi connectivity index (χ1) is 13.1. The van der Waals surface area contributed by atoms with E-state index < -0.39 is 5.97 Å². The second-order valence-electron chi connectivity index (χ2n) is 6.83. The molecule has 146 valence electrons.